The minimum Gasteiger partial charge on any atom is -0.489 e. The number of rotatable bonds is 5. The standard InChI is InChI=1S/C25H29N5O4/c31-23-9-8-21(24(32)27-23)29-13-16-12-18(6-7-19(16)25(29)33)34-22-5-2-1-4-20(22)28-14-17(15-28)30-11-3-10-26-30/h3,6-7,10-12,17,20-22H,1-2,4-5,8-9,13-15H2,(H,27,31,32)/t20-,21?,22+/m0/s1. The van der Waals surface area contributed by atoms with Crippen molar-refractivity contribution in [3.8, 4) is 5.75 Å². The Morgan fingerprint density at radius 2 is 1.91 bits per heavy atom. The molecule has 1 saturated carbocycles. The molecule has 9 heteroatoms. The number of hydrogen-bond acceptors (Lipinski definition) is 6. The highest BCUT2D eigenvalue weighted by Gasteiger charge is 2.41. The Hall–Kier alpha value is -3.20. The van der Waals surface area contributed by atoms with Crippen molar-refractivity contribution in [2.75, 3.05) is 13.1 Å². The quantitative estimate of drug-likeness (QED) is 0.681. The van der Waals surface area contributed by atoms with Crippen LogP contribution in [0.2, 0.25) is 0 Å². The number of amides is 3. The smallest absolute Gasteiger partial charge is 0.255 e. The molecule has 178 valence electrons. The third-order valence-electron chi connectivity index (χ3n) is 7.71. The van der Waals surface area contributed by atoms with Gasteiger partial charge < -0.3 is 9.64 Å². The first-order valence-corrected chi connectivity index (χ1v) is 12.2. The first-order valence-electron chi connectivity index (χ1n) is 12.2. The fourth-order valence-electron chi connectivity index (χ4n) is 5.85. The Labute approximate surface area is 198 Å². The number of imide groups is 1. The van der Waals surface area contributed by atoms with Gasteiger partial charge in [-0.15, -0.1) is 0 Å². The fourth-order valence-corrected chi connectivity index (χ4v) is 5.85. The van der Waals surface area contributed by atoms with Gasteiger partial charge in [-0.1, -0.05) is 6.42 Å². The van der Waals surface area contributed by atoms with E-state index in [0.717, 1.165) is 43.7 Å². The number of carbonyl (C=O) groups excluding carboxylic acids is 3. The molecule has 1 aromatic heterocycles. The summed E-state index contributed by atoms with van der Waals surface area (Å²) in [6, 6.07) is 7.83. The average molecular weight is 464 g/mol. The summed E-state index contributed by atoms with van der Waals surface area (Å²) in [6.45, 7) is 2.35. The molecule has 2 saturated heterocycles. The molecule has 34 heavy (non-hydrogen) atoms. The highest BCUT2D eigenvalue weighted by Crippen LogP contribution is 2.35. The van der Waals surface area contributed by atoms with Gasteiger partial charge in [0.2, 0.25) is 11.8 Å². The first kappa shape index (κ1) is 21.3. The number of likely N-dealkylation sites (tertiary alicyclic amines) is 1. The van der Waals surface area contributed by atoms with Crippen LogP contribution in [0.15, 0.2) is 36.7 Å². The molecule has 1 aliphatic carbocycles. The molecule has 4 aliphatic rings. The van der Waals surface area contributed by atoms with E-state index in [9.17, 15) is 14.4 Å². The van der Waals surface area contributed by atoms with Crippen LogP contribution in [0.3, 0.4) is 0 Å². The molecular weight excluding hydrogens is 434 g/mol. The van der Waals surface area contributed by atoms with Crippen LogP contribution in [0.1, 0.15) is 60.5 Å². The molecule has 9 nitrogen and oxygen atoms in total. The van der Waals surface area contributed by atoms with Gasteiger partial charge in [0.05, 0.1) is 6.04 Å². The van der Waals surface area contributed by atoms with Crippen molar-refractivity contribution in [2.24, 2.45) is 0 Å². The van der Waals surface area contributed by atoms with E-state index in [-0.39, 0.29) is 30.2 Å². The van der Waals surface area contributed by atoms with Gasteiger partial charge in [-0.25, -0.2) is 0 Å². The number of nitrogens with one attached hydrogen (secondary N) is 1. The van der Waals surface area contributed by atoms with Crippen LogP contribution >= 0.6 is 0 Å². The number of hydrogen-bond donors (Lipinski definition) is 1. The maximum absolute atomic E-state index is 12.9. The summed E-state index contributed by atoms with van der Waals surface area (Å²) < 4.78 is 8.55. The normalized spacial score (nSPS) is 27.9. The predicted molar refractivity (Wildman–Crippen MR) is 122 cm³/mol. The largest absolute Gasteiger partial charge is 0.489 e. The minimum absolute atomic E-state index is 0.119. The van der Waals surface area contributed by atoms with Crippen molar-refractivity contribution in [1.82, 2.24) is 24.9 Å². The molecule has 1 unspecified atom stereocenters. The Kier molecular flexibility index (Phi) is 5.36. The lowest BCUT2D eigenvalue weighted by molar-refractivity contribution is -0.136. The number of fused-ring (bicyclic) bond motifs is 1. The second kappa shape index (κ2) is 8.54. The van der Waals surface area contributed by atoms with Crippen LogP contribution < -0.4 is 10.1 Å². The van der Waals surface area contributed by atoms with E-state index >= 15 is 0 Å². The summed E-state index contributed by atoms with van der Waals surface area (Å²) in [7, 11) is 0. The molecule has 1 aromatic carbocycles. The summed E-state index contributed by atoms with van der Waals surface area (Å²) in [6.07, 6.45) is 9.12. The van der Waals surface area contributed by atoms with E-state index in [1.165, 1.54) is 6.42 Å². The number of ether oxygens (including phenoxy) is 1. The summed E-state index contributed by atoms with van der Waals surface area (Å²) in [5.74, 6) is -0.0438. The Balaban J connectivity index is 1.13. The zero-order chi connectivity index (χ0) is 23.2. The summed E-state index contributed by atoms with van der Waals surface area (Å²) in [5.41, 5.74) is 1.49. The van der Waals surface area contributed by atoms with Gasteiger partial charge in [0.1, 0.15) is 17.9 Å². The lowest BCUT2D eigenvalue weighted by atomic mass is 9.88. The SMILES string of the molecule is O=C1CCC(N2Cc3cc(O[C@@H]4CCCC[C@@H]4N4CC(n5cccn5)C4)ccc3C2=O)C(=O)N1. The van der Waals surface area contributed by atoms with Gasteiger partial charge in [0.15, 0.2) is 0 Å². The maximum Gasteiger partial charge on any atom is 0.255 e. The number of piperidine rings is 1. The number of aromatic nitrogens is 2. The second-order valence-corrected chi connectivity index (χ2v) is 9.82. The van der Waals surface area contributed by atoms with Gasteiger partial charge >= 0.3 is 0 Å². The molecule has 1 N–H and O–H groups in total. The zero-order valence-electron chi connectivity index (χ0n) is 19.1. The van der Waals surface area contributed by atoms with Crippen LogP contribution in [0.5, 0.6) is 5.75 Å². The Morgan fingerprint density at radius 1 is 1.06 bits per heavy atom. The third kappa shape index (κ3) is 3.77. The van der Waals surface area contributed by atoms with Crippen LogP contribution in [-0.4, -0.2) is 68.6 Å². The van der Waals surface area contributed by atoms with Crippen LogP contribution in [0.4, 0.5) is 0 Å². The van der Waals surface area contributed by atoms with Crippen molar-refractivity contribution < 1.29 is 19.1 Å². The molecule has 6 rings (SSSR count). The molecule has 2 aromatic rings. The minimum atomic E-state index is -0.598. The van der Waals surface area contributed by atoms with Gasteiger partial charge in [0, 0.05) is 50.1 Å². The van der Waals surface area contributed by atoms with Crippen molar-refractivity contribution in [1.29, 1.82) is 0 Å². The summed E-state index contributed by atoms with van der Waals surface area (Å²) in [4.78, 5) is 40.8. The van der Waals surface area contributed by atoms with Crippen molar-refractivity contribution >= 4 is 17.7 Å². The number of benzene rings is 1. The van der Waals surface area contributed by atoms with E-state index < -0.39 is 6.04 Å². The second-order valence-electron chi connectivity index (χ2n) is 9.82. The Morgan fingerprint density at radius 3 is 2.71 bits per heavy atom. The molecule has 0 radical (unpaired) electrons. The summed E-state index contributed by atoms with van der Waals surface area (Å²) in [5, 5.41) is 6.73. The average Bonchev–Trinajstić information content (AvgIpc) is 3.42. The molecule has 0 bridgehead atoms. The van der Waals surface area contributed by atoms with E-state index in [4.69, 9.17) is 4.74 Å². The summed E-state index contributed by atoms with van der Waals surface area (Å²) >= 11 is 0. The Bertz CT molecular complexity index is 1110. The lowest BCUT2D eigenvalue weighted by Crippen LogP contribution is -2.58. The maximum atomic E-state index is 12.9. The molecule has 4 heterocycles. The predicted octanol–water partition coefficient (Wildman–Crippen LogP) is 1.89. The number of nitrogens with zero attached hydrogens (tertiary/aromatic N) is 4. The molecule has 3 fully saturated rings. The topological polar surface area (TPSA) is 96.8 Å². The van der Waals surface area contributed by atoms with Crippen molar-refractivity contribution in [2.45, 2.75) is 69.3 Å². The molecule has 3 amide bonds. The van der Waals surface area contributed by atoms with Crippen molar-refractivity contribution in [3.63, 3.8) is 0 Å². The van der Waals surface area contributed by atoms with E-state index in [1.807, 2.05) is 41.3 Å². The van der Waals surface area contributed by atoms with Gasteiger partial charge in [-0.05, 0) is 55.5 Å². The van der Waals surface area contributed by atoms with Gasteiger partial charge in [-0.2, -0.15) is 5.10 Å². The molecule has 0 spiro atoms. The van der Waals surface area contributed by atoms with Crippen molar-refractivity contribution in [3.05, 3.63) is 47.8 Å². The monoisotopic (exact) mass is 463 g/mol. The molecular formula is C25H29N5O4. The number of carbonyl (C=O) groups is 3. The van der Waals surface area contributed by atoms with E-state index in [0.29, 0.717) is 30.6 Å². The first-order chi connectivity index (χ1) is 16.6. The van der Waals surface area contributed by atoms with Gasteiger partial charge in [-0.3, -0.25) is 29.3 Å². The highest BCUT2D eigenvalue weighted by molar-refractivity contribution is 6.05. The van der Waals surface area contributed by atoms with Gasteiger partial charge in [0.25, 0.3) is 5.91 Å². The van der Waals surface area contributed by atoms with Crippen LogP contribution in [0, 0.1) is 0 Å². The van der Waals surface area contributed by atoms with E-state index in [2.05, 4.69) is 15.3 Å². The molecule has 3 atom stereocenters. The fraction of sp³-hybridized carbons (Fsp3) is 0.520. The van der Waals surface area contributed by atoms with E-state index in [1.54, 1.807) is 4.90 Å². The van der Waals surface area contributed by atoms with Crippen LogP contribution in [-0.2, 0) is 16.1 Å². The van der Waals surface area contributed by atoms with Crippen LogP contribution in [0.25, 0.3) is 0 Å². The zero-order valence-corrected chi connectivity index (χ0v) is 19.1. The molecule has 3 aliphatic heterocycles. The lowest BCUT2D eigenvalue weighted by Gasteiger charge is -2.48. The highest BCUT2D eigenvalue weighted by atomic mass is 16.5. The third-order valence-corrected chi connectivity index (χ3v) is 7.71.